The second-order valence-corrected chi connectivity index (χ2v) is 7.99. The van der Waals surface area contributed by atoms with E-state index < -0.39 is 0 Å². The molecule has 0 radical (unpaired) electrons. The molecule has 3 aliphatic heterocycles. The largest absolute Gasteiger partial charge is 0.483 e. The van der Waals surface area contributed by atoms with Gasteiger partial charge < -0.3 is 24.6 Å². The van der Waals surface area contributed by atoms with Gasteiger partial charge in [0.05, 0.1) is 24.5 Å². The third kappa shape index (κ3) is 3.62. The number of aromatic nitrogens is 2. The summed E-state index contributed by atoms with van der Waals surface area (Å²) in [6.45, 7) is 5.17. The van der Waals surface area contributed by atoms with Crippen molar-refractivity contribution in [1.82, 2.24) is 14.9 Å². The van der Waals surface area contributed by atoms with Gasteiger partial charge in [0, 0.05) is 13.1 Å². The van der Waals surface area contributed by atoms with E-state index >= 15 is 0 Å². The molecule has 154 valence electrons. The summed E-state index contributed by atoms with van der Waals surface area (Å²) in [7, 11) is 2.13. The number of morpholine rings is 1. The fourth-order valence-corrected chi connectivity index (χ4v) is 4.39. The number of nitrogens with one attached hydrogen (secondary N) is 1. The summed E-state index contributed by atoms with van der Waals surface area (Å²) in [6.07, 6.45) is 3.63. The average Bonchev–Trinajstić information content (AvgIpc) is 2.94. The van der Waals surface area contributed by atoms with Gasteiger partial charge in [0.15, 0.2) is 11.6 Å². The summed E-state index contributed by atoms with van der Waals surface area (Å²) in [5, 5.41) is 3.33. The number of nitrogens with zero attached hydrogens (tertiary/aromatic N) is 4. The molecule has 2 saturated heterocycles. The van der Waals surface area contributed by atoms with Crippen LogP contribution in [0.25, 0.3) is 0 Å². The lowest BCUT2D eigenvalue weighted by Crippen LogP contribution is -2.37. The number of fused-ring (bicyclic) bond motifs is 2. The quantitative estimate of drug-likeness (QED) is 0.833. The molecule has 29 heavy (non-hydrogen) atoms. The van der Waals surface area contributed by atoms with Crippen LogP contribution in [0.5, 0.6) is 5.75 Å². The van der Waals surface area contributed by atoms with E-state index in [1.807, 2.05) is 6.07 Å². The van der Waals surface area contributed by atoms with Crippen molar-refractivity contribution >= 4 is 17.3 Å². The molecule has 0 spiro atoms. The van der Waals surface area contributed by atoms with Crippen LogP contribution in [0.4, 0.5) is 21.7 Å². The van der Waals surface area contributed by atoms with Gasteiger partial charge >= 0.3 is 0 Å². The van der Waals surface area contributed by atoms with Crippen molar-refractivity contribution in [3.63, 3.8) is 0 Å². The Morgan fingerprint density at radius 1 is 1.10 bits per heavy atom. The fourth-order valence-electron chi connectivity index (χ4n) is 4.39. The monoisotopic (exact) mass is 399 g/mol. The maximum atomic E-state index is 15.0. The lowest BCUT2D eigenvalue weighted by molar-refractivity contribution is 0.122. The first-order valence-corrected chi connectivity index (χ1v) is 10.3. The highest BCUT2D eigenvalue weighted by molar-refractivity contribution is 5.72. The first-order valence-electron chi connectivity index (χ1n) is 10.3. The van der Waals surface area contributed by atoms with Crippen molar-refractivity contribution in [3.8, 4) is 5.75 Å². The van der Waals surface area contributed by atoms with Crippen LogP contribution in [0.3, 0.4) is 0 Å². The van der Waals surface area contributed by atoms with Gasteiger partial charge in [0.2, 0.25) is 0 Å². The maximum absolute atomic E-state index is 15.0. The molecule has 0 atom stereocenters. The fraction of sp³-hybridized carbons (Fsp3) is 0.524. The Hall–Kier alpha value is -2.45. The maximum Gasteiger partial charge on any atom is 0.178 e. The Labute approximate surface area is 169 Å². The van der Waals surface area contributed by atoms with E-state index in [0.29, 0.717) is 30.6 Å². The lowest BCUT2D eigenvalue weighted by Gasteiger charge is -2.29. The molecule has 1 N–H and O–H groups in total. The molecule has 8 heteroatoms. The third-order valence-electron chi connectivity index (χ3n) is 6.10. The molecular weight excluding hydrogens is 373 g/mol. The van der Waals surface area contributed by atoms with Crippen molar-refractivity contribution in [3.05, 3.63) is 35.4 Å². The molecule has 2 fully saturated rings. The zero-order valence-electron chi connectivity index (χ0n) is 16.7. The SMILES string of the molecule is CN1CCC(c2cc(F)c3c(c2)Nc2ncnc(N4CCOCC4)c2CO3)CC1. The van der Waals surface area contributed by atoms with Crippen molar-refractivity contribution in [2.24, 2.45) is 0 Å². The molecule has 0 unspecified atom stereocenters. The highest BCUT2D eigenvalue weighted by atomic mass is 19.1. The molecule has 0 amide bonds. The number of hydrogen-bond acceptors (Lipinski definition) is 7. The number of halogens is 1. The molecule has 0 bridgehead atoms. The zero-order valence-corrected chi connectivity index (χ0v) is 16.7. The average molecular weight is 399 g/mol. The van der Waals surface area contributed by atoms with Gasteiger partial charge in [-0.3, -0.25) is 0 Å². The van der Waals surface area contributed by atoms with Crippen LogP contribution in [-0.4, -0.2) is 61.3 Å². The number of hydrogen-bond donors (Lipinski definition) is 1. The van der Waals surface area contributed by atoms with Crippen molar-refractivity contribution in [1.29, 1.82) is 0 Å². The second kappa shape index (κ2) is 7.76. The molecule has 5 rings (SSSR count). The van der Waals surface area contributed by atoms with Crippen LogP contribution < -0.4 is 15.0 Å². The van der Waals surface area contributed by atoms with E-state index in [2.05, 4.69) is 32.1 Å². The van der Waals surface area contributed by atoms with E-state index in [9.17, 15) is 4.39 Å². The van der Waals surface area contributed by atoms with Crippen LogP contribution in [0.15, 0.2) is 18.5 Å². The summed E-state index contributed by atoms with van der Waals surface area (Å²) >= 11 is 0. The Bertz CT molecular complexity index is 895. The molecule has 7 nitrogen and oxygen atoms in total. The minimum Gasteiger partial charge on any atom is -0.483 e. The van der Waals surface area contributed by atoms with Gasteiger partial charge in [-0.1, -0.05) is 0 Å². The highest BCUT2D eigenvalue weighted by Crippen LogP contribution is 2.40. The van der Waals surface area contributed by atoms with E-state index in [-0.39, 0.29) is 18.2 Å². The van der Waals surface area contributed by atoms with Crippen LogP contribution in [0.2, 0.25) is 0 Å². The highest BCUT2D eigenvalue weighted by Gasteiger charge is 2.27. The molecule has 2 aromatic rings. The van der Waals surface area contributed by atoms with Crippen molar-refractivity contribution < 1.29 is 13.9 Å². The molecule has 1 aromatic carbocycles. The lowest BCUT2D eigenvalue weighted by atomic mass is 9.89. The summed E-state index contributed by atoms with van der Waals surface area (Å²) in [4.78, 5) is 13.4. The molecular formula is C21H26FN5O2. The van der Waals surface area contributed by atoms with Crippen LogP contribution >= 0.6 is 0 Å². The van der Waals surface area contributed by atoms with E-state index in [1.54, 1.807) is 12.4 Å². The smallest absolute Gasteiger partial charge is 0.178 e. The Balaban J connectivity index is 1.47. The third-order valence-corrected chi connectivity index (χ3v) is 6.10. The van der Waals surface area contributed by atoms with Gasteiger partial charge in [-0.2, -0.15) is 0 Å². The molecule has 0 saturated carbocycles. The van der Waals surface area contributed by atoms with E-state index in [4.69, 9.17) is 9.47 Å². The zero-order chi connectivity index (χ0) is 19.8. The normalized spacial score (nSPS) is 20.3. The van der Waals surface area contributed by atoms with Gasteiger partial charge in [0.1, 0.15) is 24.6 Å². The van der Waals surface area contributed by atoms with Gasteiger partial charge in [0.25, 0.3) is 0 Å². The predicted octanol–water partition coefficient (Wildman–Crippen LogP) is 2.90. The van der Waals surface area contributed by atoms with E-state index in [0.717, 1.165) is 56.0 Å². The van der Waals surface area contributed by atoms with Gasteiger partial charge in [-0.25, -0.2) is 14.4 Å². The summed E-state index contributed by atoms with van der Waals surface area (Å²) in [5.41, 5.74) is 2.52. The Morgan fingerprint density at radius 2 is 1.90 bits per heavy atom. The molecule has 4 heterocycles. The van der Waals surface area contributed by atoms with Crippen LogP contribution in [0, 0.1) is 5.82 Å². The van der Waals surface area contributed by atoms with Gasteiger partial charge in [-0.05, 0) is 56.6 Å². The second-order valence-electron chi connectivity index (χ2n) is 7.99. The Kier molecular flexibility index (Phi) is 4.97. The number of rotatable bonds is 2. The topological polar surface area (TPSA) is 62.8 Å². The first kappa shape index (κ1) is 18.6. The Morgan fingerprint density at radius 3 is 2.69 bits per heavy atom. The van der Waals surface area contributed by atoms with Crippen LogP contribution in [0.1, 0.15) is 29.9 Å². The number of benzene rings is 1. The molecule has 1 aromatic heterocycles. The van der Waals surface area contributed by atoms with Crippen molar-refractivity contribution in [2.45, 2.75) is 25.4 Å². The minimum absolute atomic E-state index is 0.230. The van der Waals surface area contributed by atoms with Gasteiger partial charge in [-0.15, -0.1) is 0 Å². The summed E-state index contributed by atoms with van der Waals surface area (Å²) in [6, 6.07) is 3.67. The standard InChI is InChI=1S/C21H26FN5O2/c1-26-4-2-14(3-5-26)15-10-17(22)19-18(11-15)25-20-16(12-29-19)21(24-13-23-20)27-6-8-28-9-7-27/h10-11,13-14H,2-9,12H2,1H3,(H,23,24,25). The summed E-state index contributed by atoms with van der Waals surface area (Å²) < 4.78 is 26.3. The first-order chi connectivity index (χ1) is 14.2. The molecule has 3 aliphatic rings. The number of piperidine rings is 1. The number of likely N-dealkylation sites (tertiary alicyclic amines) is 1. The predicted molar refractivity (Wildman–Crippen MR) is 109 cm³/mol. The van der Waals surface area contributed by atoms with E-state index in [1.165, 1.54) is 0 Å². The van der Waals surface area contributed by atoms with Crippen LogP contribution in [-0.2, 0) is 11.3 Å². The number of anilines is 3. The minimum atomic E-state index is -0.322. The number of ether oxygens (including phenoxy) is 2. The molecule has 0 aliphatic carbocycles. The van der Waals surface area contributed by atoms with Crippen molar-refractivity contribution in [2.75, 3.05) is 56.7 Å². The summed E-state index contributed by atoms with van der Waals surface area (Å²) in [5.74, 6) is 1.81.